The van der Waals surface area contributed by atoms with Crippen molar-refractivity contribution in [3.8, 4) is 5.75 Å². The molecule has 0 unspecified atom stereocenters. The molecule has 2 aromatic rings. The molecule has 1 aliphatic heterocycles. The van der Waals surface area contributed by atoms with Gasteiger partial charge in [-0.15, -0.1) is 0 Å². The third-order valence-corrected chi connectivity index (χ3v) is 3.96. The lowest BCUT2D eigenvalue weighted by atomic mass is 10.2. The fourth-order valence-corrected chi connectivity index (χ4v) is 2.49. The number of benzene rings is 2. The lowest BCUT2D eigenvalue weighted by Crippen LogP contribution is -2.05. The van der Waals surface area contributed by atoms with Crippen molar-refractivity contribution in [3.05, 3.63) is 81.6 Å². The summed E-state index contributed by atoms with van der Waals surface area (Å²) in [7, 11) is 0. The van der Waals surface area contributed by atoms with Gasteiger partial charge in [-0.2, -0.15) is 0 Å². The normalized spacial score (nSPS) is 15.1. The largest absolute Gasteiger partial charge is 0.490 e. The molecule has 0 N–H and O–H groups in total. The van der Waals surface area contributed by atoms with Gasteiger partial charge in [0.2, 0.25) is 5.90 Å². The Labute approximate surface area is 153 Å². The summed E-state index contributed by atoms with van der Waals surface area (Å²) in [6.45, 7) is 4.05. The first kappa shape index (κ1) is 16.4. The first-order chi connectivity index (χ1) is 11.7. The summed E-state index contributed by atoms with van der Waals surface area (Å²) in [5.74, 6) is 0.570. The van der Waals surface area contributed by atoms with Crippen LogP contribution in [-0.4, -0.2) is 18.5 Å². The maximum absolute atomic E-state index is 12.0. The number of aliphatic imine (C=N–C) groups is 1. The molecule has 120 valence electrons. The van der Waals surface area contributed by atoms with Crippen molar-refractivity contribution in [1.29, 1.82) is 0 Å². The van der Waals surface area contributed by atoms with Gasteiger partial charge < -0.3 is 9.47 Å². The molecule has 5 heteroatoms. The van der Waals surface area contributed by atoms with E-state index in [9.17, 15) is 4.79 Å². The highest BCUT2D eigenvalue weighted by atomic mass is 127. The van der Waals surface area contributed by atoms with Crippen LogP contribution in [0.15, 0.2) is 71.9 Å². The number of esters is 1. The van der Waals surface area contributed by atoms with Crippen molar-refractivity contribution in [2.24, 2.45) is 4.99 Å². The first-order valence-electron chi connectivity index (χ1n) is 7.28. The maximum atomic E-state index is 12.0. The molecule has 1 aliphatic rings. The van der Waals surface area contributed by atoms with E-state index < -0.39 is 5.97 Å². The lowest BCUT2D eigenvalue weighted by molar-refractivity contribution is -0.129. The van der Waals surface area contributed by atoms with Crippen LogP contribution in [-0.2, 0) is 9.53 Å². The molecule has 0 bridgehead atoms. The molecule has 0 amide bonds. The Morgan fingerprint density at radius 2 is 2.00 bits per heavy atom. The number of carbonyl (C=O) groups is 1. The molecule has 0 saturated carbocycles. The molecule has 0 aliphatic carbocycles. The van der Waals surface area contributed by atoms with Gasteiger partial charge in [0.05, 0.1) is 0 Å². The highest BCUT2D eigenvalue weighted by Crippen LogP contribution is 2.21. The summed E-state index contributed by atoms with van der Waals surface area (Å²) in [4.78, 5) is 16.3. The summed E-state index contributed by atoms with van der Waals surface area (Å²) in [6.07, 6.45) is 3.36. The van der Waals surface area contributed by atoms with Crippen LogP contribution in [0.4, 0.5) is 0 Å². The van der Waals surface area contributed by atoms with Crippen LogP contribution in [0.2, 0.25) is 0 Å². The van der Waals surface area contributed by atoms with E-state index in [1.165, 1.54) is 0 Å². The number of nitrogens with zero attached hydrogens (tertiary/aromatic N) is 1. The van der Waals surface area contributed by atoms with Gasteiger partial charge in [-0.25, -0.2) is 9.79 Å². The molecular formula is C19H14INO3. The summed E-state index contributed by atoms with van der Waals surface area (Å²) in [6, 6.07) is 15.0. The minimum absolute atomic E-state index is 0.268. The van der Waals surface area contributed by atoms with Crippen LogP contribution in [0.5, 0.6) is 5.75 Å². The molecule has 24 heavy (non-hydrogen) atoms. The van der Waals surface area contributed by atoms with Crippen molar-refractivity contribution in [2.45, 2.75) is 0 Å². The van der Waals surface area contributed by atoms with Crippen LogP contribution in [0.1, 0.15) is 11.1 Å². The van der Waals surface area contributed by atoms with Crippen molar-refractivity contribution in [3.63, 3.8) is 0 Å². The fourth-order valence-electron chi connectivity index (χ4n) is 2.13. The molecule has 0 saturated heterocycles. The predicted octanol–water partition coefficient (Wildman–Crippen LogP) is 4.20. The zero-order valence-electron chi connectivity index (χ0n) is 12.7. The Kier molecular flexibility index (Phi) is 5.10. The van der Waals surface area contributed by atoms with Gasteiger partial charge in [0.1, 0.15) is 12.4 Å². The molecule has 3 rings (SSSR count). The second-order valence-electron chi connectivity index (χ2n) is 5.02. The van der Waals surface area contributed by atoms with Crippen LogP contribution < -0.4 is 4.74 Å². The number of hydrogen-bond donors (Lipinski definition) is 0. The standard InChI is InChI=1S/C19H14INO3/c1-2-10-23-16-5-3-4-13(11-16)12-17-19(22)24-18(21-17)14-6-8-15(20)9-7-14/h2-9,11-12H,1,10H2. The van der Waals surface area contributed by atoms with Crippen molar-refractivity contribution >= 4 is 40.5 Å². The molecule has 0 atom stereocenters. The highest BCUT2D eigenvalue weighted by molar-refractivity contribution is 14.1. The topological polar surface area (TPSA) is 47.9 Å². The third kappa shape index (κ3) is 3.91. The number of halogens is 1. The summed E-state index contributed by atoms with van der Waals surface area (Å²) < 4.78 is 11.9. The van der Waals surface area contributed by atoms with Crippen LogP contribution >= 0.6 is 22.6 Å². The number of ether oxygens (including phenoxy) is 2. The van der Waals surface area contributed by atoms with Gasteiger partial charge in [0.15, 0.2) is 5.70 Å². The zero-order chi connectivity index (χ0) is 16.9. The molecule has 4 nitrogen and oxygen atoms in total. The van der Waals surface area contributed by atoms with E-state index in [0.29, 0.717) is 18.3 Å². The molecule has 2 aromatic carbocycles. The van der Waals surface area contributed by atoms with Gasteiger partial charge in [0, 0.05) is 9.13 Å². The third-order valence-electron chi connectivity index (χ3n) is 3.24. The fraction of sp³-hybridized carbons (Fsp3) is 0.0526. The van der Waals surface area contributed by atoms with Gasteiger partial charge in [-0.05, 0) is 70.6 Å². The Morgan fingerprint density at radius 1 is 1.21 bits per heavy atom. The highest BCUT2D eigenvalue weighted by Gasteiger charge is 2.24. The summed E-state index contributed by atoms with van der Waals surface area (Å²) in [5, 5.41) is 0. The SMILES string of the molecule is C=CCOc1cccc(C=C2N=C(c3ccc(I)cc3)OC2=O)c1. The van der Waals surface area contributed by atoms with Crippen LogP contribution in [0, 0.1) is 3.57 Å². The average molecular weight is 431 g/mol. The van der Waals surface area contributed by atoms with Gasteiger partial charge in [-0.3, -0.25) is 0 Å². The van der Waals surface area contributed by atoms with Crippen molar-refractivity contribution in [1.82, 2.24) is 0 Å². The second-order valence-corrected chi connectivity index (χ2v) is 6.26. The summed E-state index contributed by atoms with van der Waals surface area (Å²) >= 11 is 2.22. The Hall–Kier alpha value is -2.41. The van der Waals surface area contributed by atoms with Crippen LogP contribution in [0.25, 0.3) is 6.08 Å². The Balaban J connectivity index is 1.85. The molecule has 0 spiro atoms. The van der Waals surface area contributed by atoms with Gasteiger partial charge in [0.25, 0.3) is 0 Å². The Morgan fingerprint density at radius 3 is 2.75 bits per heavy atom. The lowest BCUT2D eigenvalue weighted by Gasteiger charge is -2.03. The van der Waals surface area contributed by atoms with E-state index >= 15 is 0 Å². The number of hydrogen-bond acceptors (Lipinski definition) is 4. The zero-order valence-corrected chi connectivity index (χ0v) is 14.9. The number of cyclic esters (lactones) is 1. The minimum atomic E-state index is -0.457. The molecule has 0 radical (unpaired) electrons. The predicted molar refractivity (Wildman–Crippen MR) is 102 cm³/mol. The summed E-state index contributed by atoms with van der Waals surface area (Å²) in [5.41, 5.74) is 1.86. The average Bonchev–Trinajstić information content (AvgIpc) is 2.95. The van der Waals surface area contributed by atoms with E-state index in [4.69, 9.17) is 9.47 Å². The van der Waals surface area contributed by atoms with Crippen molar-refractivity contribution in [2.75, 3.05) is 6.61 Å². The molecular weight excluding hydrogens is 417 g/mol. The molecule has 0 aromatic heterocycles. The maximum Gasteiger partial charge on any atom is 0.363 e. The smallest absolute Gasteiger partial charge is 0.363 e. The van der Waals surface area contributed by atoms with Gasteiger partial charge >= 0.3 is 5.97 Å². The molecule has 1 heterocycles. The Bertz CT molecular complexity index is 838. The van der Waals surface area contributed by atoms with Gasteiger partial charge in [-0.1, -0.05) is 24.8 Å². The van der Waals surface area contributed by atoms with E-state index in [1.807, 2.05) is 48.5 Å². The number of carbonyl (C=O) groups excluding carboxylic acids is 1. The van der Waals surface area contributed by atoms with E-state index in [0.717, 1.165) is 14.7 Å². The quantitative estimate of drug-likeness (QED) is 0.309. The molecule has 0 fully saturated rings. The minimum Gasteiger partial charge on any atom is -0.490 e. The monoisotopic (exact) mass is 431 g/mol. The van der Waals surface area contributed by atoms with Crippen LogP contribution in [0.3, 0.4) is 0 Å². The van der Waals surface area contributed by atoms with E-state index in [-0.39, 0.29) is 5.70 Å². The van der Waals surface area contributed by atoms with E-state index in [2.05, 4.69) is 34.2 Å². The van der Waals surface area contributed by atoms with Crippen molar-refractivity contribution < 1.29 is 14.3 Å². The van der Waals surface area contributed by atoms with E-state index in [1.54, 1.807) is 12.2 Å². The number of rotatable bonds is 5. The first-order valence-corrected chi connectivity index (χ1v) is 8.36. The second kappa shape index (κ2) is 7.44.